The second kappa shape index (κ2) is 7.68. The molecular formula is C16H22N2OS. The van der Waals surface area contributed by atoms with E-state index in [0.717, 1.165) is 11.3 Å². The molecule has 0 bridgehead atoms. The molecule has 4 heteroatoms. The summed E-state index contributed by atoms with van der Waals surface area (Å²) in [5.41, 5.74) is 1.50. The van der Waals surface area contributed by atoms with E-state index < -0.39 is 6.10 Å². The van der Waals surface area contributed by atoms with E-state index in [1.165, 1.54) is 19.3 Å². The number of thioether (sulfide) groups is 1. The Hall–Kier alpha value is -1.02. The monoisotopic (exact) mass is 290 g/mol. The first-order chi connectivity index (χ1) is 9.74. The maximum Gasteiger partial charge on any atom is 0.0991 e. The Bertz CT molecular complexity index is 455. The molecule has 0 saturated heterocycles. The van der Waals surface area contributed by atoms with E-state index in [0.29, 0.717) is 23.4 Å². The van der Waals surface area contributed by atoms with Crippen LogP contribution in [0.2, 0.25) is 0 Å². The summed E-state index contributed by atoms with van der Waals surface area (Å²) >= 11 is 2.02. The van der Waals surface area contributed by atoms with E-state index >= 15 is 0 Å². The van der Waals surface area contributed by atoms with Crippen molar-refractivity contribution < 1.29 is 5.11 Å². The Morgan fingerprint density at radius 2 is 2.15 bits per heavy atom. The zero-order valence-electron chi connectivity index (χ0n) is 11.9. The van der Waals surface area contributed by atoms with Crippen molar-refractivity contribution in [3.05, 3.63) is 35.4 Å². The lowest BCUT2D eigenvalue weighted by atomic mass is 10.1. The minimum Gasteiger partial charge on any atom is -0.387 e. The van der Waals surface area contributed by atoms with Crippen molar-refractivity contribution in [1.82, 2.24) is 5.32 Å². The highest BCUT2D eigenvalue weighted by atomic mass is 32.2. The van der Waals surface area contributed by atoms with Gasteiger partial charge >= 0.3 is 0 Å². The van der Waals surface area contributed by atoms with Crippen molar-refractivity contribution in [1.29, 1.82) is 5.26 Å². The lowest BCUT2D eigenvalue weighted by Gasteiger charge is -2.22. The van der Waals surface area contributed by atoms with Gasteiger partial charge in [0.2, 0.25) is 0 Å². The minimum absolute atomic E-state index is 0.504. The minimum atomic E-state index is -0.504. The van der Waals surface area contributed by atoms with Gasteiger partial charge < -0.3 is 10.4 Å². The molecule has 1 saturated carbocycles. The number of aliphatic hydroxyl groups excluding tert-OH is 1. The predicted octanol–water partition coefficient (Wildman–Crippen LogP) is 2.86. The normalized spacial score (nSPS) is 23.4. The fourth-order valence-corrected chi connectivity index (χ4v) is 3.96. The maximum absolute atomic E-state index is 10.2. The average Bonchev–Trinajstić information content (AvgIpc) is 2.92. The van der Waals surface area contributed by atoms with Crippen LogP contribution in [0.15, 0.2) is 24.3 Å². The first-order valence-corrected chi connectivity index (χ1v) is 8.32. The van der Waals surface area contributed by atoms with Crippen LogP contribution in [-0.2, 0) is 0 Å². The third-order valence-corrected chi connectivity index (χ3v) is 5.16. The summed E-state index contributed by atoms with van der Waals surface area (Å²) in [4.78, 5) is 0. The van der Waals surface area contributed by atoms with Gasteiger partial charge in [0.05, 0.1) is 17.7 Å². The fraction of sp³-hybridized carbons (Fsp3) is 0.562. The van der Waals surface area contributed by atoms with Crippen LogP contribution in [0.4, 0.5) is 0 Å². The van der Waals surface area contributed by atoms with Gasteiger partial charge in [-0.05, 0) is 36.3 Å². The molecule has 3 nitrogen and oxygen atoms in total. The van der Waals surface area contributed by atoms with Crippen LogP contribution in [0.1, 0.15) is 43.4 Å². The molecule has 2 rings (SSSR count). The SMILES string of the molecule is CCS[C@@H]1CCC[C@@H]1NC[C@@H](O)c1ccc(C#N)cc1. The Morgan fingerprint density at radius 1 is 1.40 bits per heavy atom. The summed E-state index contributed by atoms with van der Waals surface area (Å²) in [6.07, 6.45) is 3.26. The number of nitrogens with zero attached hydrogens (tertiary/aromatic N) is 1. The molecular weight excluding hydrogens is 268 g/mol. The molecule has 108 valence electrons. The van der Waals surface area contributed by atoms with Crippen LogP contribution in [-0.4, -0.2) is 28.7 Å². The maximum atomic E-state index is 10.2. The molecule has 1 aromatic carbocycles. The van der Waals surface area contributed by atoms with E-state index in [9.17, 15) is 5.11 Å². The second-order valence-corrected chi connectivity index (χ2v) is 6.71. The summed E-state index contributed by atoms with van der Waals surface area (Å²) in [7, 11) is 0. The molecule has 0 heterocycles. The molecule has 2 N–H and O–H groups in total. The van der Waals surface area contributed by atoms with Gasteiger partial charge in [-0.15, -0.1) is 0 Å². The Balaban J connectivity index is 1.85. The van der Waals surface area contributed by atoms with E-state index in [4.69, 9.17) is 5.26 Å². The van der Waals surface area contributed by atoms with Gasteiger partial charge in [-0.2, -0.15) is 17.0 Å². The average molecular weight is 290 g/mol. The van der Waals surface area contributed by atoms with Crippen LogP contribution in [0, 0.1) is 11.3 Å². The molecule has 3 atom stereocenters. The highest BCUT2D eigenvalue weighted by Gasteiger charge is 2.27. The van der Waals surface area contributed by atoms with Crippen molar-refractivity contribution in [3.63, 3.8) is 0 Å². The topological polar surface area (TPSA) is 56.0 Å². The number of nitrogens with one attached hydrogen (secondary N) is 1. The van der Waals surface area contributed by atoms with Gasteiger partial charge in [0, 0.05) is 17.8 Å². The molecule has 0 amide bonds. The highest BCUT2D eigenvalue weighted by Crippen LogP contribution is 2.30. The van der Waals surface area contributed by atoms with Crippen molar-refractivity contribution in [3.8, 4) is 6.07 Å². The summed E-state index contributed by atoms with van der Waals surface area (Å²) in [6.45, 7) is 2.78. The molecule has 1 aliphatic rings. The fourth-order valence-electron chi connectivity index (χ4n) is 2.73. The molecule has 0 radical (unpaired) electrons. The van der Waals surface area contributed by atoms with E-state index in [1.807, 2.05) is 23.9 Å². The Labute approximate surface area is 125 Å². The number of aliphatic hydroxyl groups is 1. The Morgan fingerprint density at radius 3 is 2.80 bits per heavy atom. The Kier molecular flexibility index (Phi) is 5.90. The first kappa shape index (κ1) is 15.4. The molecule has 1 aromatic rings. The highest BCUT2D eigenvalue weighted by molar-refractivity contribution is 7.99. The molecule has 0 aromatic heterocycles. The molecule has 20 heavy (non-hydrogen) atoms. The number of hydrogen-bond donors (Lipinski definition) is 2. The van der Waals surface area contributed by atoms with Crippen LogP contribution in [0.5, 0.6) is 0 Å². The van der Waals surface area contributed by atoms with Gasteiger partial charge in [0.15, 0.2) is 0 Å². The first-order valence-electron chi connectivity index (χ1n) is 7.27. The van der Waals surface area contributed by atoms with E-state index in [-0.39, 0.29) is 0 Å². The number of nitriles is 1. The van der Waals surface area contributed by atoms with Gasteiger partial charge in [0.1, 0.15) is 0 Å². The van der Waals surface area contributed by atoms with Crippen LogP contribution in [0.3, 0.4) is 0 Å². The predicted molar refractivity (Wildman–Crippen MR) is 83.7 cm³/mol. The van der Waals surface area contributed by atoms with Gasteiger partial charge in [-0.1, -0.05) is 25.5 Å². The number of rotatable bonds is 6. The lowest BCUT2D eigenvalue weighted by molar-refractivity contribution is 0.170. The summed E-state index contributed by atoms with van der Waals surface area (Å²) in [6, 6.07) is 9.78. The molecule has 1 fully saturated rings. The van der Waals surface area contributed by atoms with Crippen molar-refractivity contribution in [2.45, 2.75) is 43.6 Å². The zero-order chi connectivity index (χ0) is 14.4. The molecule has 0 aliphatic heterocycles. The van der Waals surface area contributed by atoms with Gasteiger partial charge in [-0.3, -0.25) is 0 Å². The second-order valence-electron chi connectivity index (χ2n) is 5.19. The quantitative estimate of drug-likeness (QED) is 0.846. The van der Waals surface area contributed by atoms with Crippen molar-refractivity contribution >= 4 is 11.8 Å². The zero-order valence-corrected chi connectivity index (χ0v) is 12.7. The molecule has 1 aliphatic carbocycles. The molecule has 0 unspecified atom stereocenters. The number of hydrogen-bond acceptors (Lipinski definition) is 4. The summed E-state index contributed by atoms with van der Waals surface area (Å²) < 4.78 is 0. The van der Waals surface area contributed by atoms with Crippen molar-refractivity contribution in [2.75, 3.05) is 12.3 Å². The van der Waals surface area contributed by atoms with Crippen molar-refractivity contribution in [2.24, 2.45) is 0 Å². The lowest BCUT2D eigenvalue weighted by Crippen LogP contribution is -2.37. The summed E-state index contributed by atoms with van der Waals surface area (Å²) in [5, 5.41) is 23.2. The largest absolute Gasteiger partial charge is 0.387 e. The smallest absolute Gasteiger partial charge is 0.0991 e. The number of benzene rings is 1. The molecule has 0 spiro atoms. The van der Waals surface area contributed by atoms with Crippen LogP contribution < -0.4 is 5.32 Å². The van der Waals surface area contributed by atoms with Crippen LogP contribution >= 0.6 is 11.8 Å². The van der Waals surface area contributed by atoms with E-state index in [2.05, 4.69) is 18.3 Å². The third-order valence-electron chi connectivity index (χ3n) is 3.83. The third kappa shape index (κ3) is 3.99. The van der Waals surface area contributed by atoms with Gasteiger partial charge in [-0.25, -0.2) is 0 Å². The van der Waals surface area contributed by atoms with E-state index in [1.54, 1.807) is 12.1 Å². The summed E-state index contributed by atoms with van der Waals surface area (Å²) in [5.74, 6) is 1.15. The van der Waals surface area contributed by atoms with Crippen LogP contribution in [0.25, 0.3) is 0 Å². The standard InChI is InChI=1S/C16H22N2OS/c1-2-20-16-5-3-4-14(16)18-11-15(19)13-8-6-12(10-17)7-9-13/h6-9,14-16,18-19H,2-5,11H2,1H3/t14-,15+,16+/m0/s1. The van der Waals surface area contributed by atoms with Gasteiger partial charge in [0.25, 0.3) is 0 Å².